The van der Waals surface area contributed by atoms with E-state index in [0.717, 1.165) is 39.0 Å². The van der Waals surface area contributed by atoms with Crippen molar-refractivity contribution < 1.29 is 4.79 Å². The van der Waals surface area contributed by atoms with E-state index in [1.54, 1.807) is 0 Å². The largest absolute Gasteiger partial charge is 0.352 e. The summed E-state index contributed by atoms with van der Waals surface area (Å²) in [6, 6.07) is 17.6. The van der Waals surface area contributed by atoms with Gasteiger partial charge in [0.1, 0.15) is 0 Å². The van der Waals surface area contributed by atoms with E-state index in [9.17, 15) is 4.79 Å². The molecule has 2 aliphatic heterocycles. The number of likely N-dealkylation sites (tertiary alicyclic amines) is 2. The van der Waals surface area contributed by atoms with Crippen LogP contribution in [0.4, 0.5) is 0 Å². The third-order valence-electron chi connectivity index (χ3n) is 7.05. The Labute approximate surface area is 194 Å². The minimum Gasteiger partial charge on any atom is -0.352 e. The maximum atomic E-state index is 12.8. The van der Waals surface area contributed by atoms with Gasteiger partial charge in [0.2, 0.25) is 5.91 Å². The minimum absolute atomic E-state index is 0.143. The van der Waals surface area contributed by atoms with Crippen LogP contribution < -0.4 is 5.32 Å². The van der Waals surface area contributed by atoms with Crippen LogP contribution in [-0.2, 0) is 24.4 Å². The van der Waals surface area contributed by atoms with Gasteiger partial charge in [-0.1, -0.05) is 66.9 Å². The van der Waals surface area contributed by atoms with Crippen molar-refractivity contribution in [2.75, 3.05) is 26.2 Å². The van der Waals surface area contributed by atoms with E-state index in [1.165, 1.54) is 61.0 Å². The van der Waals surface area contributed by atoms with E-state index in [-0.39, 0.29) is 11.8 Å². The van der Waals surface area contributed by atoms with E-state index in [2.05, 4.69) is 70.6 Å². The smallest absolute Gasteiger partial charge is 0.223 e. The Kier molecular flexibility index (Phi) is 8.36. The highest BCUT2D eigenvalue weighted by Gasteiger charge is 2.24. The van der Waals surface area contributed by atoms with Crippen LogP contribution in [0.3, 0.4) is 0 Å². The molecule has 0 unspecified atom stereocenters. The Balaban J connectivity index is 1.20. The van der Waals surface area contributed by atoms with Crippen LogP contribution in [0.15, 0.2) is 48.5 Å². The quantitative estimate of drug-likeness (QED) is 0.675. The Hall–Kier alpha value is -2.17. The van der Waals surface area contributed by atoms with Gasteiger partial charge in [-0.05, 0) is 75.5 Å². The molecule has 0 saturated carbocycles. The summed E-state index contributed by atoms with van der Waals surface area (Å²) in [5.41, 5.74) is 5.24. The van der Waals surface area contributed by atoms with Crippen molar-refractivity contribution in [3.8, 4) is 0 Å². The SMILES string of the molecule is Cc1ccc(CN2CCC(C(=O)NCc3cccc(CN4CCCCCC4)c3)CC2)cc1. The predicted octanol–water partition coefficient (Wildman–Crippen LogP) is 4.90. The van der Waals surface area contributed by atoms with Crippen LogP contribution in [0, 0.1) is 12.8 Å². The van der Waals surface area contributed by atoms with Crippen LogP contribution >= 0.6 is 0 Å². The lowest BCUT2D eigenvalue weighted by molar-refractivity contribution is -0.126. The first-order valence-corrected chi connectivity index (χ1v) is 12.5. The first-order valence-electron chi connectivity index (χ1n) is 12.5. The van der Waals surface area contributed by atoms with Crippen LogP contribution in [-0.4, -0.2) is 41.9 Å². The van der Waals surface area contributed by atoms with Gasteiger partial charge in [-0.15, -0.1) is 0 Å². The van der Waals surface area contributed by atoms with Crippen molar-refractivity contribution in [2.24, 2.45) is 5.92 Å². The number of amides is 1. The molecule has 32 heavy (non-hydrogen) atoms. The average molecular weight is 434 g/mol. The van der Waals surface area contributed by atoms with E-state index < -0.39 is 0 Å². The van der Waals surface area contributed by atoms with E-state index in [0.29, 0.717) is 6.54 Å². The normalized spacial score (nSPS) is 18.9. The van der Waals surface area contributed by atoms with Gasteiger partial charge in [-0.2, -0.15) is 0 Å². The lowest BCUT2D eigenvalue weighted by Crippen LogP contribution is -2.40. The number of carbonyl (C=O) groups excluding carboxylic acids is 1. The number of nitrogens with one attached hydrogen (secondary N) is 1. The molecule has 4 rings (SSSR count). The van der Waals surface area contributed by atoms with Gasteiger partial charge in [0.25, 0.3) is 0 Å². The molecule has 0 radical (unpaired) electrons. The molecule has 1 N–H and O–H groups in total. The van der Waals surface area contributed by atoms with Crippen molar-refractivity contribution in [2.45, 2.75) is 65.1 Å². The molecule has 1 amide bonds. The molecule has 0 spiro atoms. The van der Waals surface area contributed by atoms with Gasteiger partial charge in [-0.3, -0.25) is 14.6 Å². The molecular weight excluding hydrogens is 394 g/mol. The Morgan fingerprint density at radius 1 is 0.812 bits per heavy atom. The van der Waals surface area contributed by atoms with Crippen molar-refractivity contribution in [1.82, 2.24) is 15.1 Å². The molecule has 4 nitrogen and oxygen atoms in total. The van der Waals surface area contributed by atoms with Gasteiger partial charge in [0, 0.05) is 25.6 Å². The van der Waals surface area contributed by atoms with Crippen LogP contribution in [0.25, 0.3) is 0 Å². The molecule has 2 fully saturated rings. The lowest BCUT2D eigenvalue weighted by atomic mass is 9.95. The fourth-order valence-electron chi connectivity index (χ4n) is 5.03. The molecule has 2 aromatic rings. The van der Waals surface area contributed by atoms with Crippen LogP contribution in [0.2, 0.25) is 0 Å². The predicted molar refractivity (Wildman–Crippen MR) is 131 cm³/mol. The highest BCUT2D eigenvalue weighted by atomic mass is 16.1. The third kappa shape index (κ3) is 6.91. The van der Waals surface area contributed by atoms with Crippen molar-refractivity contribution in [1.29, 1.82) is 0 Å². The summed E-state index contributed by atoms with van der Waals surface area (Å²) in [5.74, 6) is 0.363. The molecule has 2 heterocycles. The average Bonchev–Trinajstić information content (AvgIpc) is 3.08. The van der Waals surface area contributed by atoms with Crippen molar-refractivity contribution in [3.63, 3.8) is 0 Å². The highest BCUT2D eigenvalue weighted by Crippen LogP contribution is 2.20. The maximum absolute atomic E-state index is 12.8. The van der Waals surface area contributed by atoms with Gasteiger partial charge in [-0.25, -0.2) is 0 Å². The first kappa shape index (κ1) is 23.0. The maximum Gasteiger partial charge on any atom is 0.223 e. The number of carbonyl (C=O) groups is 1. The van der Waals surface area contributed by atoms with Crippen LogP contribution in [0.1, 0.15) is 60.8 Å². The number of piperidine rings is 1. The Morgan fingerprint density at radius 2 is 1.44 bits per heavy atom. The molecule has 0 aliphatic carbocycles. The number of aryl methyl sites for hydroxylation is 1. The Morgan fingerprint density at radius 3 is 2.16 bits per heavy atom. The second-order valence-electron chi connectivity index (χ2n) is 9.76. The van der Waals surface area contributed by atoms with Crippen molar-refractivity contribution in [3.05, 3.63) is 70.8 Å². The highest BCUT2D eigenvalue weighted by molar-refractivity contribution is 5.78. The van der Waals surface area contributed by atoms with Crippen LogP contribution in [0.5, 0.6) is 0 Å². The monoisotopic (exact) mass is 433 g/mol. The fourth-order valence-corrected chi connectivity index (χ4v) is 5.03. The number of benzene rings is 2. The van der Waals surface area contributed by atoms with Crippen molar-refractivity contribution >= 4 is 5.91 Å². The minimum atomic E-state index is 0.143. The standard InChI is InChI=1S/C28H39N3O/c1-23-9-11-24(12-10-23)21-31-17-13-27(14-18-31)28(32)29-20-25-7-6-8-26(19-25)22-30-15-4-2-3-5-16-30/h6-12,19,27H,2-5,13-18,20-22H2,1H3,(H,29,32). The molecular formula is C28H39N3O. The number of nitrogens with zero attached hydrogens (tertiary/aromatic N) is 2. The lowest BCUT2D eigenvalue weighted by Gasteiger charge is -2.31. The molecule has 0 bridgehead atoms. The summed E-state index contributed by atoms with van der Waals surface area (Å²) in [7, 11) is 0. The molecule has 2 aromatic carbocycles. The first-order chi connectivity index (χ1) is 15.7. The molecule has 2 aliphatic rings. The van der Waals surface area contributed by atoms with E-state index in [1.807, 2.05) is 0 Å². The Bertz CT molecular complexity index is 847. The molecule has 2 saturated heterocycles. The molecule has 0 aromatic heterocycles. The van der Waals surface area contributed by atoms with E-state index in [4.69, 9.17) is 0 Å². The third-order valence-corrected chi connectivity index (χ3v) is 7.05. The van der Waals surface area contributed by atoms with Gasteiger partial charge < -0.3 is 5.32 Å². The summed E-state index contributed by atoms with van der Waals surface area (Å²) in [4.78, 5) is 17.8. The van der Waals surface area contributed by atoms with E-state index >= 15 is 0 Å². The second-order valence-corrected chi connectivity index (χ2v) is 9.76. The number of rotatable bonds is 7. The summed E-state index contributed by atoms with van der Waals surface area (Å²) < 4.78 is 0. The van der Waals surface area contributed by atoms with Gasteiger partial charge in [0.15, 0.2) is 0 Å². The topological polar surface area (TPSA) is 35.6 Å². The number of hydrogen-bond donors (Lipinski definition) is 1. The zero-order valence-corrected chi connectivity index (χ0v) is 19.7. The second kappa shape index (κ2) is 11.6. The number of hydrogen-bond acceptors (Lipinski definition) is 3. The zero-order valence-electron chi connectivity index (χ0n) is 19.7. The molecule has 4 heteroatoms. The summed E-state index contributed by atoms with van der Waals surface area (Å²) in [5, 5.41) is 3.21. The summed E-state index contributed by atoms with van der Waals surface area (Å²) in [6.45, 7) is 9.19. The van der Waals surface area contributed by atoms with Gasteiger partial charge in [0.05, 0.1) is 0 Å². The molecule has 172 valence electrons. The summed E-state index contributed by atoms with van der Waals surface area (Å²) >= 11 is 0. The zero-order chi connectivity index (χ0) is 22.2. The summed E-state index contributed by atoms with van der Waals surface area (Å²) in [6.07, 6.45) is 7.28. The molecule has 0 atom stereocenters. The fraction of sp³-hybridized carbons (Fsp3) is 0.536. The van der Waals surface area contributed by atoms with Gasteiger partial charge >= 0.3 is 0 Å².